The number of thiazole rings is 1. The molecule has 132 valence electrons. The maximum absolute atomic E-state index is 12.4. The molecule has 0 aliphatic carbocycles. The van der Waals surface area contributed by atoms with Crippen molar-refractivity contribution in [3.05, 3.63) is 46.5 Å². The van der Waals surface area contributed by atoms with Gasteiger partial charge in [0.1, 0.15) is 0 Å². The van der Waals surface area contributed by atoms with E-state index >= 15 is 0 Å². The lowest BCUT2D eigenvalue weighted by Crippen LogP contribution is -2.40. The maximum atomic E-state index is 12.4. The van der Waals surface area contributed by atoms with E-state index in [0.717, 1.165) is 11.3 Å². The quantitative estimate of drug-likeness (QED) is 0.914. The van der Waals surface area contributed by atoms with Crippen LogP contribution in [0.2, 0.25) is 0 Å². The van der Waals surface area contributed by atoms with Gasteiger partial charge in [-0.2, -0.15) is 0 Å². The summed E-state index contributed by atoms with van der Waals surface area (Å²) in [6.07, 6.45) is 4.09. The Bertz CT molecular complexity index is 746. The molecule has 1 aliphatic heterocycles. The number of rotatable bonds is 4. The zero-order chi connectivity index (χ0) is 17.8. The van der Waals surface area contributed by atoms with Crippen LogP contribution in [0.25, 0.3) is 0 Å². The van der Waals surface area contributed by atoms with Gasteiger partial charge in [0.2, 0.25) is 11.8 Å². The van der Waals surface area contributed by atoms with Gasteiger partial charge in [-0.15, -0.1) is 11.3 Å². The van der Waals surface area contributed by atoms with Crippen LogP contribution in [0.4, 0.5) is 5.13 Å². The second-order valence-corrected chi connectivity index (χ2v) is 7.68. The van der Waals surface area contributed by atoms with Crippen LogP contribution >= 0.6 is 11.3 Å². The Morgan fingerprint density at radius 3 is 2.56 bits per heavy atom. The van der Waals surface area contributed by atoms with E-state index in [-0.39, 0.29) is 17.7 Å². The number of carbonyl (C=O) groups is 2. The molecule has 1 aromatic carbocycles. The molecule has 1 fully saturated rings. The number of hydrogen-bond donors (Lipinski definition) is 1. The lowest BCUT2D eigenvalue weighted by Gasteiger charge is -2.30. The van der Waals surface area contributed by atoms with Crippen molar-refractivity contribution in [2.24, 2.45) is 5.92 Å². The molecule has 6 heteroatoms. The van der Waals surface area contributed by atoms with E-state index in [1.54, 1.807) is 11.8 Å². The van der Waals surface area contributed by atoms with Crippen LogP contribution in [0.15, 0.2) is 30.5 Å². The average Bonchev–Trinajstić information content (AvgIpc) is 3.04. The van der Waals surface area contributed by atoms with E-state index in [1.165, 1.54) is 22.5 Å². The monoisotopic (exact) mass is 357 g/mol. The molecule has 0 saturated carbocycles. The van der Waals surface area contributed by atoms with E-state index in [0.29, 0.717) is 31.1 Å². The number of nitrogens with one attached hydrogen (secondary N) is 1. The molecule has 1 aromatic heterocycles. The highest BCUT2D eigenvalue weighted by molar-refractivity contribution is 7.15. The van der Waals surface area contributed by atoms with Gasteiger partial charge in [-0.3, -0.25) is 9.59 Å². The molecule has 1 aliphatic rings. The van der Waals surface area contributed by atoms with Crippen LogP contribution in [0.5, 0.6) is 0 Å². The summed E-state index contributed by atoms with van der Waals surface area (Å²) < 4.78 is 0. The molecule has 25 heavy (non-hydrogen) atoms. The molecule has 0 atom stereocenters. The van der Waals surface area contributed by atoms with Crippen molar-refractivity contribution < 1.29 is 9.59 Å². The number of hydrogen-bond acceptors (Lipinski definition) is 4. The normalized spacial score (nSPS) is 15.2. The van der Waals surface area contributed by atoms with Crippen molar-refractivity contribution in [3.63, 3.8) is 0 Å². The molecule has 1 N–H and O–H groups in total. The average molecular weight is 357 g/mol. The van der Waals surface area contributed by atoms with Crippen molar-refractivity contribution in [3.8, 4) is 0 Å². The number of aromatic nitrogens is 1. The molecule has 3 rings (SSSR count). The molecular formula is C19H23N3O2S. The molecule has 0 spiro atoms. The summed E-state index contributed by atoms with van der Waals surface area (Å²) in [5.41, 5.74) is 2.49. The Hall–Kier alpha value is -2.21. The summed E-state index contributed by atoms with van der Waals surface area (Å²) in [4.78, 5) is 31.0. The number of nitrogens with zero attached hydrogens (tertiary/aromatic N) is 2. The Balaban J connectivity index is 1.53. The molecule has 0 bridgehead atoms. The first-order valence-electron chi connectivity index (χ1n) is 8.58. The molecule has 0 unspecified atom stereocenters. The van der Waals surface area contributed by atoms with Gasteiger partial charge in [-0.25, -0.2) is 4.98 Å². The second-order valence-electron chi connectivity index (χ2n) is 6.56. The standard InChI is InChI=1S/C19H23N3O2S/c1-13-3-5-15(6-4-13)11-17-12-20-19(25-17)21-18(24)16-7-9-22(10-8-16)14(2)23/h3-6,12,16H,7-11H2,1-2H3,(H,20,21,24). The predicted molar refractivity (Wildman–Crippen MR) is 99.7 cm³/mol. The number of amides is 2. The van der Waals surface area contributed by atoms with E-state index in [9.17, 15) is 9.59 Å². The summed E-state index contributed by atoms with van der Waals surface area (Å²) >= 11 is 1.52. The molecule has 2 heterocycles. The molecule has 0 radical (unpaired) electrons. The third-order valence-electron chi connectivity index (χ3n) is 4.59. The Morgan fingerprint density at radius 2 is 1.92 bits per heavy atom. The lowest BCUT2D eigenvalue weighted by atomic mass is 9.96. The zero-order valence-corrected chi connectivity index (χ0v) is 15.4. The van der Waals surface area contributed by atoms with Gasteiger partial charge in [0.15, 0.2) is 5.13 Å². The van der Waals surface area contributed by atoms with Gasteiger partial charge in [-0.05, 0) is 25.3 Å². The summed E-state index contributed by atoms with van der Waals surface area (Å²) in [7, 11) is 0. The third-order valence-corrected chi connectivity index (χ3v) is 5.51. The number of aryl methyl sites for hydroxylation is 1. The number of benzene rings is 1. The second kappa shape index (κ2) is 7.78. The van der Waals surface area contributed by atoms with Crippen LogP contribution in [0.1, 0.15) is 35.8 Å². The van der Waals surface area contributed by atoms with Crippen molar-refractivity contribution in [2.45, 2.75) is 33.1 Å². The zero-order valence-electron chi connectivity index (χ0n) is 14.6. The summed E-state index contributed by atoms with van der Waals surface area (Å²) in [6, 6.07) is 8.45. The minimum Gasteiger partial charge on any atom is -0.343 e. The van der Waals surface area contributed by atoms with Gasteiger partial charge in [-0.1, -0.05) is 29.8 Å². The van der Waals surface area contributed by atoms with Crippen LogP contribution < -0.4 is 5.32 Å². The molecule has 5 nitrogen and oxygen atoms in total. The SMILES string of the molecule is CC(=O)N1CCC(C(=O)Nc2ncc(Cc3ccc(C)cc3)s2)CC1. The molecule has 1 saturated heterocycles. The molecule has 2 amide bonds. The topological polar surface area (TPSA) is 62.3 Å². The number of anilines is 1. The van der Waals surface area contributed by atoms with E-state index in [2.05, 4.69) is 41.5 Å². The van der Waals surface area contributed by atoms with Crippen molar-refractivity contribution in [2.75, 3.05) is 18.4 Å². The first kappa shape index (κ1) is 17.6. The van der Waals surface area contributed by atoms with Crippen LogP contribution in [0.3, 0.4) is 0 Å². The smallest absolute Gasteiger partial charge is 0.229 e. The fourth-order valence-corrected chi connectivity index (χ4v) is 3.87. The Labute approximate surface area is 152 Å². The molecule has 2 aromatic rings. The third kappa shape index (κ3) is 4.66. The number of piperidine rings is 1. The summed E-state index contributed by atoms with van der Waals surface area (Å²) in [6.45, 7) is 4.96. The van der Waals surface area contributed by atoms with Gasteiger partial charge in [0, 0.05) is 43.4 Å². The van der Waals surface area contributed by atoms with Crippen LogP contribution in [-0.4, -0.2) is 34.8 Å². The number of carbonyl (C=O) groups excluding carboxylic acids is 2. The highest BCUT2D eigenvalue weighted by Crippen LogP contribution is 2.24. The van der Waals surface area contributed by atoms with Gasteiger partial charge in [0.25, 0.3) is 0 Å². The van der Waals surface area contributed by atoms with E-state index in [4.69, 9.17) is 0 Å². The predicted octanol–water partition coefficient (Wildman–Crippen LogP) is 3.24. The molecular weight excluding hydrogens is 334 g/mol. The summed E-state index contributed by atoms with van der Waals surface area (Å²) in [5, 5.41) is 3.59. The lowest BCUT2D eigenvalue weighted by molar-refractivity contribution is -0.132. The highest BCUT2D eigenvalue weighted by Gasteiger charge is 2.26. The Morgan fingerprint density at radius 1 is 1.24 bits per heavy atom. The van der Waals surface area contributed by atoms with E-state index in [1.807, 2.05) is 6.20 Å². The first-order valence-corrected chi connectivity index (χ1v) is 9.39. The van der Waals surface area contributed by atoms with Crippen LogP contribution in [0, 0.1) is 12.8 Å². The fourth-order valence-electron chi connectivity index (χ4n) is 3.02. The summed E-state index contributed by atoms with van der Waals surface area (Å²) in [5.74, 6) is 0.0546. The van der Waals surface area contributed by atoms with Crippen molar-refractivity contribution in [1.82, 2.24) is 9.88 Å². The largest absolute Gasteiger partial charge is 0.343 e. The van der Waals surface area contributed by atoms with Crippen molar-refractivity contribution in [1.29, 1.82) is 0 Å². The van der Waals surface area contributed by atoms with Crippen LogP contribution in [-0.2, 0) is 16.0 Å². The Kier molecular flexibility index (Phi) is 5.48. The maximum Gasteiger partial charge on any atom is 0.229 e. The van der Waals surface area contributed by atoms with Crippen molar-refractivity contribution >= 4 is 28.3 Å². The minimum absolute atomic E-state index is 0.0134. The number of likely N-dealkylation sites (tertiary alicyclic amines) is 1. The highest BCUT2D eigenvalue weighted by atomic mass is 32.1. The van der Waals surface area contributed by atoms with Gasteiger partial charge < -0.3 is 10.2 Å². The van der Waals surface area contributed by atoms with Gasteiger partial charge >= 0.3 is 0 Å². The van der Waals surface area contributed by atoms with E-state index < -0.39 is 0 Å². The minimum atomic E-state index is -0.0416. The van der Waals surface area contributed by atoms with Gasteiger partial charge in [0.05, 0.1) is 0 Å². The fraction of sp³-hybridized carbons (Fsp3) is 0.421. The first-order chi connectivity index (χ1) is 12.0.